The number of halogens is 6. The largest absolute Gasteiger partial charge is 0.471 e. The van der Waals surface area contributed by atoms with E-state index in [2.05, 4.69) is 0 Å². The van der Waals surface area contributed by atoms with Crippen molar-refractivity contribution in [3.8, 4) is 11.1 Å². The Bertz CT molecular complexity index is 1020. The Balaban J connectivity index is 2.11. The lowest BCUT2D eigenvalue weighted by Gasteiger charge is -2.18. The van der Waals surface area contributed by atoms with Crippen molar-refractivity contribution < 1.29 is 35.2 Å². The SMILES string of the molecule is FC(F)(F)c1cc2cocc2cc1-c1cc2cocc2cc1C(F)(F)F. The van der Waals surface area contributed by atoms with Crippen LogP contribution < -0.4 is 0 Å². The Labute approximate surface area is 141 Å². The normalized spacial score (nSPS) is 13.0. The maximum Gasteiger partial charge on any atom is 0.417 e. The molecule has 2 heterocycles. The summed E-state index contributed by atoms with van der Waals surface area (Å²) in [5, 5.41) is 0.847. The van der Waals surface area contributed by atoms with Crippen LogP contribution >= 0.6 is 0 Å². The molecule has 134 valence electrons. The van der Waals surface area contributed by atoms with Crippen molar-refractivity contribution >= 4 is 21.5 Å². The molecule has 0 N–H and O–H groups in total. The molecule has 2 aromatic carbocycles. The molecule has 0 spiro atoms. The zero-order chi connectivity index (χ0) is 18.7. The van der Waals surface area contributed by atoms with Crippen LogP contribution in [0.1, 0.15) is 11.1 Å². The van der Waals surface area contributed by atoms with E-state index in [-0.39, 0.29) is 21.5 Å². The fraction of sp³-hybridized carbons (Fsp3) is 0.111. The summed E-state index contributed by atoms with van der Waals surface area (Å²) in [6.45, 7) is 0. The van der Waals surface area contributed by atoms with Crippen molar-refractivity contribution in [3.05, 3.63) is 60.4 Å². The molecule has 0 aliphatic rings. The summed E-state index contributed by atoms with van der Waals surface area (Å²) in [6, 6.07) is 3.68. The molecule has 0 atom stereocenters. The molecule has 2 nitrogen and oxygen atoms in total. The van der Waals surface area contributed by atoms with Crippen LogP contribution in [-0.2, 0) is 12.4 Å². The van der Waals surface area contributed by atoms with E-state index in [0.29, 0.717) is 0 Å². The van der Waals surface area contributed by atoms with Gasteiger partial charge in [0.05, 0.1) is 36.2 Å². The molecule has 2 aromatic heterocycles. The molecule has 0 aliphatic carbocycles. The number of benzene rings is 2. The number of hydrogen-bond acceptors (Lipinski definition) is 2. The molecule has 26 heavy (non-hydrogen) atoms. The zero-order valence-corrected chi connectivity index (χ0v) is 12.7. The first-order chi connectivity index (χ1) is 12.1. The summed E-state index contributed by atoms with van der Waals surface area (Å²) in [7, 11) is 0. The highest BCUT2D eigenvalue weighted by Crippen LogP contribution is 2.45. The average molecular weight is 370 g/mol. The van der Waals surface area contributed by atoms with Crippen molar-refractivity contribution in [1.29, 1.82) is 0 Å². The summed E-state index contributed by atoms with van der Waals surface area (Å²) < 4.78 is 90.9. The topological polar surface area (TPSA) is 26.3 Å². The molecule has 8 heteroatoms. The van der Waals surface area contributed by atoms with E-state index in [9.17, 15) is 26.3 Å². The second-order valence-electron chi connectivity index (χ2n) is 5.79. The minimum absolute atomic E-state index is 0.152. The van der Waals surface area contributed by atoms with Crippen LogP contribution in [0.25, 0.3) is 32.7 Å². The average Bonchev–Trinajstić information content (AvgIpc) is 3.18. The number of fused-ring (bicyclic) bond motifs is 2. The molecule has 0 saturated carbocycles. The van der Waals surface area contributed by atoms with Gasteiger partial charge in [0.15, 0.2) is 0 Å². The summed E-state index contributed by atoms with van der Waals surface area (Å²) >= 11 is 0. The van der Waals surface area contributed by atoms with E-state index in [1.807, 2.05) is 0 Å². The molecule has 0 unspecified atom stereocenters. The molecule has 0 bridgehead atoms. The standard InChI is InChI=1S/C18H8F6O2/c19-17(20,21)15-3-11-7-25-5-9(11)1-13(15)14-2-10-6-26-8-12(10)4-16(14)18(22,23)24/h1-8H. The Hall–Kier alpha value is -2.90. The van der Waals surface area contributed by atoms with Gasteiger partial charge in [0, 0.05) is 21.5 Å². The third-order valence-electron chi connectivity index (χ3n) is 4.13. The molecule has 0 amide bonds. The van der Waals surface area contributed by atoms with Gasteiger partial charge in [-0.25, -0.2) is 0 Å². The fourth-order valence-corrected chi connectivity index (χ4v) is 2.95. The van der Waals surface area contributed by atoms with Crippen molar-refractivity contribution in [2.24, 2.45) is 0 Å². The third-order valence-corrected chi connectivity index (χ3v) is 4.13. The molecular formula is C18H8F6O2. The number of furan rings is 2. The maximum atomic E-state index is 13.5. The van der Waals surface area contributed by atoms with Crippen LogP contribution in [0.3, 0.4) is 0 Å². The summed E-state index contributed by atoms with van der Waals surface area (Å²) in [5.74, 6) is 0. The highest BCUT2D eigenvalue weighted by Gasteiger charge is 2.39. The Kier molecular flexibility index (Phi) is 3.37. The van der Waals surface area contributed by atoms with Crippen LogP contribution in [0.5, 0.6) is 0 Å². The molecule has 0 fully saturated rings. The molecule has 0 saturated heterocycles. The Morgan fingerprint density at radius 1 is 0.500 bits per heavy atom. The molecule has 0 radical (unpaired) electrons. The van der Waals surface area contributed by atoms with Crippen LogP contribution in [0.4, 0.5) is 26.3 Å². The van der Waals surface area contributed by atoms with Gasteiger partial charge in [-0.05, 0) is 35.4 Å². The van der Waals surface area contributed by atoms with Gasteiger partial charge in [-0.3, -0.25) is 0 Å². The molecule has 4 rings (SSSR count). The van der Waals surface area contributed by atoms with Crippen LogP contribution in [0.2, 0.25) is 0 Å². The summed E-state index contributed by atoms with van der Waals surface area (Å²) in [4.78, 5) is 0. The van der Waals surface area contributed by atoms with Crippen molar-refractivity contribution in [2.45, 2.75) is 12.4 Å². The molecular weight excluding hydrogens is 362 g/mol. The van der Waals surface area contributed by atoms with Gasteiger partial charge in [0.2, 0.25) is 0 Å². The number of rotatable bonds is 1. The van der Waals surface area contributed by atoms with Crippen LogP contribution in [0.15, 0.2) is 58.2 Å². The summed E-state index contributed by atoms with van der Waals surface area (Å²) in [5.41, 5.74) is -3.47. The lowest BCUT2D eigenvalue weighted by atomic mass is 9.91. The van der Waals surface area contributed by atoms with Crippen molar-refractivity contribution in [1.82, 2.24) is 0 Å². The first-order valence-corrected chi connectivity index (χ1v) is 7.29. The van der Waals surface area contributed by atoms with E-state index in [1.54, 1.807) is 0 Å². The van der Waals surface area contributed by atoms with E-state index < -0.39 is 34.6 Å². The van der Waals surface area contributed by atoms with Gasteiger partial charge >= 0.3 is 12.4 Å². The number of alkyl halides is 6. The smallest absolute Gasteiger partial charge is 0.417 e. The molecule has 0 aliphatic heterocycles. The van der Waals surface area contributed by atoms with E-state index in [4.69, 9.17) is 8.83 Å². The van der Waals surface area contributed by atoms with E-state index in [1.165, 1.54) is 12.5 Å². The highest BCUT2D eigenvalue weighted by atomic mass is 19.4. The highest BCUT2D eigenvalue weighted by molar-refractivity contribution is 5.93. The van der Waals surface area contributed by atoms with Gasteiger partial charge in [-0.2, -0.15) is 26.3 Å². The fourth-order valence-electron chi connectivity index (χ4n) is 2.95. The first kappa shape index (κ1) is 16.6. The third kappa shape index (κ3) is 2.61. The van der Waals surface area contributed by atoms with Gasteiger partial charge in [-0.15, -0.1) is 0 Å². The van der Waals surface area contributed by atoms with Gasteiger partial charge in [0.1, 0.15) is 0 Å². The predicted octanol–water partition coefficient (Wildman–Crippen LogP) is 6.88. The summed E-state index contributed by atoms with van der Waals surface area (Å²) in [6.07, 6.45) is -5.09. The minimum atomic E-state index is -4.84. The van der Waals surface area contributed by atoms with Crippen LogP contribution in [-0.4, -0.2) is 0 Å². The van der Waals surface area contributed by atoms with Crippen molar-refractivity contribution in [2.75, 3.05) is 0 Å². The monoisotopic (exact) mass is 370 g/mol. The van der Waals surface area contributed by atoms with Crippen molar-refractivity contribution in [3.63, 3.8) is 0 Å². The zero-order valence-electron chi connectivity index (χ0n) is 12.7. The predicted molar refractivity (Wildman–Crippen MR) is 81.4 cm³/mol. The first-order valence-electron chi connectivity index (χ1n) is 7.29. The van der Waals surface area contributed by atoms with E-state index >= 15 is 0 Å². The van der Waals surface area contributed by atoms with E-state index in [0.717, 1.165) is 36.8 Å². The lowest BCUT2D eigenvalue weighted by molar-refractivity contribution is -0.139. The van der Waals surface area contributed by atoms with Gasteiger partial charge in [0.25, 0.3) is 0 Å². The van der Waals surface area contributed by atoms with Crippen LogP contribution in [0, 0.1) is 0 Å². The van der Waals surface area contributed by atoms with Gasteiger partial charge < -0.3 is 8.83 Å². The second kappa shape index (κ2) is 5.30. The Morgan fingerprint density at radius 2 is 0.808 bits per heavy atom. The number of hydrogen-bond donors (Lipinski definition) is 0. The minimum Gasteiger partial charge on any atom is -0.471 e. The maximum absolute atomic E-state index is 13.5. The second-order valence-corrected chi connectivity index (χ2v) is 5.79. The molecule has 4 aromatic rings. The Morgan fingerprint density at radius 3 is 1.12 bits per heavy atom. The lowest BCUT2D eigenvalue weighted by Crippen LogP contribution is -2.11. The van der Waals surface area contributed by atoms with Gasteiger partial charge in [-0.1, -0.05) is 0 Å². The quantitative estimate of drug-likeness (QED) is 0.341.